The maximum Gasteiger partial charge on any atom is 0.159 e. The lowest BCUT2D eigenvalue weighted by Gasteiger charge is -2.02. The Labute approximate surface area is 793 Å². The van der Waals surface area contributed by atoms with Crippen LogP contribution in [-0.4, -0.2) is 59.8 Å². The topological polar surface area (TPSA) is 155 Å². The third-order valence-electron chi connectivity index (χ3n) is 21.3. The Morgan fingerprint density at radius 3 is 0.993 bits per heavy atom. The average molecular weight is 1760 g/mol. The lowest BCUT2D eigenvalue weighted by atomic mass is 10.0. The number of rotatable bonds is 7. The molecule has 0 atom stereocenters. The van der Waals surface area contributed by atoms with Crippen LogP contribution in [-0.2, 0) is 0 Å². The highest BCUT2D eigenvalue weighted by molar-refractivity contribution is 5.87. The first kappa shape index (κ1) is 98.9. The summed E-state index contributed by atoms with van der Waals surface area (Å²) in [5, 5.41) is 8.04. The molecule has 0 unspecified atom stereocenters. The molecule has 20 rings (SSSR count). The Bertz CT molecular complexity index is 6200. The highest BCUT2D eigenvalue weighted by Crippen LogP contribution is 2.27. The molecule has 0 saturated carbocycles. The van der Waals surface area contributed by atoms with Crippen LogP contribution >= 0.6 is 0 Å². The minimum Gasteiger partial charge on any atom is -0.264 e. The van der Waals surface area contributed by atoms with Gasteiger partial charge in [-0.15, -0.1) is 0 Å². The normalized spacial score (nSPS) is 10.2. The highest BCUT2D eigenvalue weighted by atomic mass is 14.9. The summed E-state index contributed by atoms with van der Waals surface area (Å²) in [5.74, 6) is 0.788. The number of nitrogens with zero attached hydrogens (tertiary/aromatic N) is 12. The zero-order chi connectivity index (χ0) is 95.4. The fourth-order valence-electron chi connectivity index (χ4n) is 14.3. The molecule has 20 aromatic rings. The monoisotopic (exact) mass is 1750 g/mol. The van der Waals surface area contributed by atoms with E-state index in [-0.39, 0.29) is 0 Å². The van der Waals surface area contributed by atoms with Crippen LogP contribution in [0.25, 0.3) is 112 Å². The highest BCUT2D eigenvalue weighted by Gasteiger charge is 2.08. The Kier molecular flexibility index (Phi) is 36.9. The zero-order valence-electron chi connectivity index (χ0n) is 81.2. The molecule has 670 valence electrons. The summed E-state index contributed by atoms with van der Waals surface area (Å²) in [5.41, 5.74) is 37.3. The van der Waals surface area contributed by atoms with Gasteiger partial charge < -0.3 is 0 Å². The number of benzene rings is 9. The van der Waals surface area contributed by atoms with Crippen LogP contribution in [0.15, 0.2) is 377 Å². The lowest BCUT2D eigenvalue weighted by molar-refractivity contribution is 1.14. The molecular weight excluding hydrogens is 1630 g/mol. The maximum atomic E-state index is 4.48. The molecule has 134 heavy (non-hydrogen) atoms. The second-order valence-corrected chi connectivity index (χ2v) is 34.1. The van der Waals surface area contributed by atoms with E-state index in [1.807, 2.05) is 264 Å². The summed E-state index contributed by atoms with van der Waals surface area (Å²) >= 11 is 0. The summed E-state index contributed by atoms with van der Waals surface area (Å²) in [6.45, 7) is 41.2. The predicted molar refractivity (Wildman–Crippen MR) is 563 cm³/mol. The summed E-state index contributed by atoms with van der Waals surface area (Å²) in [6, 6.07) is 113. The van der Waals surface area contributed by atoms with Crippen LogP contribution in [0.5, 0.6) is 0 Å². The van der Waals surface area contributed by atoms with Gasteiger partial charge in [-0.1, -0.05) is 257 Å². The first-order valence-corrected chi connectivity index (χ1v) is 45.3. The Morgan fingerprint density at radius 2 is 0.545 bits per heavy atom. The number of aryl methyl sites for hydroxylation is 20. The molecule has 0 amide bonds. The molecule has 11 heterocycles. The third kappa shape index (κ3) is 32.2. The van der Waals surface area contributed by atoms with E-state index in [2.05, 4.69) is 311 Å². The van der Waals surface area contributed by atoms with E-state index in [9.17, 15) is 0 Å². The van der Waals surface area contributed by atoms with Gasteiger partial charge in [-0.2, -0.15) is 0 Å². The van der Waals surface area contributed by atoms with Gasteiger partial charge in [-0.25, -0.2) is 9.97 Å². The van der Waals surface area contributed by atoms with Crippen LogP contribution < -0.4 is 0 Å². The van der Waals surface area contributed by atoms with Gasteiger partial charge in [-0.3, -0.25) is 49.8 Å². The average Bonchev–Trinajstić information content (AvgIpc) is 0.831. The van der Waals surface area contributed by atoms with E-state index in [1.165, 1.54) is 121 Å². The van der Waals surface area contributed by atoms with E-state index >= 15 is 0 Å². The first-order valence-electron chi connectivity index (χ1n) is 45.3. The third-order valence-corrected chi connectivity index (χ3v) is 21.3. The second-order valence-electron chi connectivity index (χ2n) is 34.1. The van der Waals surface area contributed by atoms with E-state index < -0.39 is 0 Å². The number of fused-ring (bicyclic) bond motifs is 3. The van der Waals surface area contributed by atoms with E-state index in [0.29, 0.717) is 0 Å². The Balaban J connectivity index is 0.000000143. The molecular formula is C122H122N12. The van der Waals surface area contributed by atoms with Crippen molar-refractivity contribution in [1.29, 1.82) is 0 Å². The van der Waals surface area contributed by atoms with Crippen molar-refractivity contribution in [2.45, 2.75) is 138 Å². The van der Waals surface area contributed by atoms with E-state index in [0.717, 1.165) is 102 Å². The van der Waals surface area contributed by atoms with E-state index in [1.54, 1.807) is 0 Å². The van der Waals surface area contributed by atoms with Crippen molar-refractivity contribution in [1.82, 2.24) is 59.8 Å². The first-order chi connectivity index (χ1) is 64.6. The molecule has 0 fully saturated rings. The maximum absolute atomic E-state index is 4.48. The van der Waals surface area contributed by atoms with Crippen molar-refractivity contribution in [2.24, 2.45) is 0 Å². The van der Waals surface area contributed by atoms with Gasteiger partial charge in [0.05, 0.1) is 45.6 Å². The van der Waals surface area contributed by atoms with Crippen LogP contribution in [0.3, 0.4) is 0 Å². The Morgan fingerprint density at radius 1 is 0.157 bits per heavy atom. The van der Waals surface area contributed by atoms with Crippen molar-refractivity contribution in [3.05, 3.63) is 489 Å². The van der Waals surface area contributed by atoms with Crippen molar-refractivity contribution >= 4 is 32.3 Å². The number of hydrogen-bond donors (Lipinski definition) is 0. The van der Waals surface area contributed by atoms with Gasteiger partial charge in [-0.05, 0) is 325 Å². The number of aromatic nitrogens is 12. The molecule has 0 aliphatic carbocycles. The number of hydrogen-bond acceptors (Lipinski definition) is 12. The van der Waals surface area contributed by atoms with Crippen LogP contribution in [0.1, 0.15) is 112 Å². The minimum atomic E-state index is 0.788. The fourth-order valence-corrected chi connectivity index (χ4v) is 14.3. The molecule has 12 nitrogen and oxygen atoms in total. The molecule has 0 radical (unpaired) electrons. The van der Waals surface area contributed by atoms with Gasteiger partial charge in [0, 0.05) is 106 Å². The van der Waals surface area contributed by atoms with Gasteiger partial charge in [0.2, 0.25) is 0 Å². The summed E-state index contributed by atoms with van der Waals surface area (Å²) < 4.78 is 0. The zero-order valence-corrected chi connectivity index (χ0v) is 81.2. The SMILES string of the molecule is Cc1cc(C)c2ccccc2c1.Cc1ccc(-c2ccc(C)cn2)nc1.Cc1ccc(-c2ncc(C)cn2)cc1.Cc1ccc2cc(C)ccc2c1.Cc1ccc2ccc(C)cc2c1.Cc1cccc(-c2cccc(C)n2)c1.Cc1cccc(-c2cccc(C)n2)c1.Cc1cccc(-c2cccc(C)n2)n1.Cc1ccnc(-c2cccc(C)n2)c1.Cc1cncc(-c2ccnc(C)c2)c1. The molecule has 9 aromatic carbocycles. The molecule has 0 aliphatic rings. The lowest BCUT2D eigenvalue weighted by Crippen LogP contribution is -1.90. The summed E-state index contributed by atoms with van der Waals surface area (Å²) in [4.78, 5) is 52.0. The largest absolute Gasteiger partial charge is 0.264 e. The van der Waals surface area contributed by atoms with Crippen LogP contribution in [0.2, 0.25) is 0 Å². The van der Waals surface area contributed by atoms with Crippen LogP contribution in [0, 0.1) is 138 Å². The molecule has 0 bridgehead atoms. The minimum absolute atomic E-state index is 0.788. The van der Waals surface area contributed by atoms with Crippen molar-refractivity contribution < 1.29 is 0 Å². The molecule has 0 saturated heterocycles. The molecule has 12 heteroatoms. The van der Waals surface area contributed by atoms with E-state index in [4.69, 9.17) is 0 Å². The van der Waals surface area contributed by atoms with Crippen molar-refractivity contribution in [2.75, 3.05) is 0 Å². The summed E-state index contributed by atoms with van der Waals surface area (Å²) in [7, 11) is 0. The fraction of sp³-hybridized carbons (Fsp3) is 0.164. The predicted octanol–water partition coefficient (Wildman–Crippen LogP) is 30.9. The molecule has 11 aromatic heterocycles. The second kappa shape index (κ2) is 49.9. The number of pyridine rings is 10. The molecule has 0 spiro atoms. The van der Waals surface area contributed by atoms with Gasteiger partial charge >= 0.3 is 0 Å². The molecule has 0 N–H and O–H groups in total. The van der Waals surface area contributed by atoms with Crippen molar-refractivity contribution in [3.8, 4) is 79.2 Å². The standard InChI is InChI=1S/2C13H13N.5C12H12N2.3C12H12/c2*1-10-5-3-7-12(9-10)13-8-4-6-11(2)14-13;1-9-3-5-11(13-7-9)12-6-4-10(2)8-14-12;1-9-3-5-11(6-4-9)12-13-7-10(2)8-14-12;1-9-5-3-7-11(13-9)12-8-4-6-10(2)14-12;1-9-5-12(8-13-7-9)11-3-4-14-10(2)6-11;1-9-6-7-13-12(8-9)11-5-3-4-10(2)14-11;1-9-3-5-12-8-10(2)4-6-11(12)7-9;1-9-3-5-11-6-4-10(2)8-12(11)7-9;1-9-7-10(2)12-6-4-3-5-11(12)8-9/h2*3-9H,1-2H3;5*3-8H,1-2H3;3*3-8H,1-2H3. The van der Waals surface area contributed by atoms with Crippen molar-refractivity contribution in [3.63, 3.8) is 0 Å². The van der Waals surface area contributed by atoms with Gasteiger partial charge in [0.15, 0.2) is 5.82 Å². The van der Waals surface area contributed by atoms with Crippen LogP contribution in [0.4, 0.5) is 0 Å². The Hall–Kier alpha value is -15.7. The smallest absolute Gasteiger partial charge is 0.159 e. The quantitative estimate of drug-likeness (QED) is 0.149. The van der Waals surface area contributed by atoms with Gasteiger partial charge in [0.1, 0.15) is 0 Å². The van der Waals surface area contributed by atoms with Gasteiger partial charge in [0.25, 0.3) is 0 Å². The molecule has 0 aliphatic heterocycles. The summed E-state index contributed by atoms with van der Waals surface area (Å²) in [6.07, 6.45) is 14.8.